The number of nitriles is 1. The van der Waals surface area contributed by atoms with E-state index in [0.717, 1.165) is 0 Å². The molecule has 0 saturated heterocycles. The predicted molar refractivity (Wildman–Crippen MR) is 86.1 cm³/mol. The lowest BCUT2D eigenvalue weighted by Crippen LogP contribution is -1.92. The van der Waals surface area contributed by atoms with Crippen LogP contribution in [0.25, 0.3) is 11.6 Å². The average molecular weight is 310 g/mol. The number of methoxy groups -OCH3 is 2. The second kappa shape index (κ2) is 7.09. The van der Waals surface area contributed by atoms with Crippen molar-refractivity contribution in [2.45, 2.75) is 0 Å². The van der Waals surface area contributed by atoms with E-state index in [-0.39, 0.29) is 5.69 Å². The van der Waals surface area contributed by atoms with Gasteiger partial charge >= 0.3 is 0 Å². The molecule has 0 bridgehead atoms. The lowest BCUT2D eigenvalue weighted by molar-refractivity contribution is -0.384. The Bertz CT molecular complexity index is 806. The van der Waals surface area contributed by atoms with Gasteiger partial charge in [0.15, 0.2) is 0 Å². The summed E-state index contributed by atoms with van der Waals surface area (Å²) in [5.41, 5.74) is 1.39. The summed E-state index contributed by atoms with van der Waals surface area (Å²) in [7, 11) is 3.07. The molecule has 0 unspecified atom stereocenters. The van der Waals surface area contributed by atoms with Crippen LogP contribution < -0.4 is 9.47 Å². The van der Waals surface area contributed by atoms with Gasteiger partial charge in [-0.3, -0.25) is 10.1 Å². The van der Waals surface area contributed by atoms with Crippen LogP contribution in [0.3, 0.4) is 0 Å². The lowest BCUT2D eigenvalue weighted by atomic mass is 10.0. The highest BCUT2D eigenvalue weighted by Crippen LogP contribution is 2.29. The molecule has 0 heterocycles. The number of nitrogens with zero attached hydrogens (tertiary/aromatic N) is 2. The summed E-state index contributed by atoms with van der Waals surface area (Å²) in [4.78, 5) is 10.4. The largest absolute Gasteiger partial charge is 0.497 e. The Balaban J connectivity index is 2.49. The minimum Gasteiger partial charge on any atom is -0.497 e. The summed E-state index contributed by atoms with van der Waals surface area (Å²) in [5.74, 6) is 1.18. The van der Waals surface area contributed by atoms with Crippen LogP contribution in [-0.4, -0.2) is 19.1 Å². The van der Waals surface area contributed by atoms with E-state index in [1.54, 1.807) is 43.5 Å². The van der Waals surface area contributed by atoms with Crippen molar-refractivity contribution in [1.29, 1.82) is 5.26 Å². The molecule has 0 atom stereocenters. The number of ether oxygens (including phenoxy) is 2. The van der Waals surface area contributed by atoms with Gasteiger partial charge in [-0.1, -0.05) is 12.1 Å². The molecule has 0 fully saturated rings. The zero-order valence-electron chi connectivity index (χ0n) is 12.6. The van der Waals surface area contributed by atoms with Crippen molar-refractivity contribution >= 4 is 17.3 Å². The average Bonchev–Trinajstić information content (AvgIpc) is 2.59. The Labute approximate surface area is 133 Å². The van der Waals surface area contributed by atoms with E-state index in [2.05, 4.69) is 6.07 Å². The number of hydrogen-bond acceptors (Lipinski definition) is 5. The fourth-order valence-corrected chi connectivity index (χ4v) is 2.06. The highest BCUT2D eigenvalue weighted by atomic mass is 16.6. The first-order valence-corrected chi connectivity index (χ1v) is 6.67. The van der Waals surface area contributed by atoms with E-state index in [1.165, 1.54) is 19.2 Å². The van der Waals surface area contributed by atoms with Gasteiger partial charge in [0.2, 0.25) is 0 Å². The Morgan fingerprint density at radius 3 is 2.61 bits per heavy atom. The first-order valence-electron chi connectivity index (χ1n) is 6.67. The van der Waals surface area contributed by atoms with Crippen molar-refractivity contribution in [3.05, 3.63) is 63.7 Å². The fourth-order valence-electron chi connectivity index (χ4n) is 2.06. The molecule has 0 aliphatic heterocycles. The number of hydrogen-bond donors (Lipinski definition) is 0. The van der Waals surface area contributed by atoms with Crippen LogP contribution >= 0.6 is 0 Å². The summed E-state index contributed by atoms with van der Waals surface area (Å²) in [6.07, 6.45) is 1.62. The number of nitro groups is 1. The molecule has 0 spiro atoms. The molecule has 0 aliphatic carbocycles. The lowest BCUT2D eigenvalue weighted by Gasteiger charge is -2.08. The first kappa shape index (κ1) is 16.0. The van der Waals surface area contributed by atoms with Gasteiger partial charge in [-0.25, -0.2) is 0 Å². The van der Waals surface area contributed by atoms with Crippen LogP contribution in [0.1, 0.15) is 11.1 Å². The molecule has 2 rings (SSSR count). The molecule has 2 aromatic rings. The molecular weight excluding hydrogens is 296 g/mol. The van der Waals surface area contributed by atoms with Gasteiger partial charge in [0.1, 0.15) is 11.5 Å². The molecule has 0 N–H and O–H groups in total. The van der Waals surface area contributed by atoms with Crippen molar-refractivity contribution in [3.8, 4) is 17.6 Å². The SMILES string of the molecule is COc1ccc(/C=C(\C#N)c2cccc([N+](=O)[O-])c2)c(OC)c1. The van der Waals surface area contributed by atoms with Crippen LogP contribution in [0.2, 0.25) is 0 Å². The smallest absolute Gasteiger partial charge is 0.270 e. The third-order valence-corrected chi connectivity index (χ3v) is 3.23. The molecule has 23 heavy (non-hydrogen) atoms. The molecule has 0 saturated carbocycles. The van der Waals surface area contributed by atoms with Gasteiger partial charge in [-0.05, 0) is 23.8 Å². The summed E-state index contributed by atoms with van der Waals surface area (Å²) < 4.78 is 10.4. The Hall–Kier alpha value is -3.33. The van der Waals surface area contributed by atoms with Crippen molar-refractivity contribution in [2.24, 2.45) is 0 Å². The molecule has 0 aromatic heterocycles. The topological polar surface area (TPSA) is 85.4 Å². The quantitative estimate of drug-likeness (QED) is 0.364. The normalized spacial score (nSPS) is 10.7. The molecule has 0 radical (unpaired) electrons. The van der Waals surface area contributed by atoms with Gasteiger partial charge in [-0.15, -0.1) is 0 Å². The molecule has 0 amide bonds. The Morgan fingerprint density at radius 1 is 1.22 bits per heavy atom. The van der Waals surface area contributed by atoms with Gasteiger partial charge in [0.25, 0.3) is 5.69 Å². The zero-order chi connectivity index (χ0) is 16.8. The number of allylic oxidation sites excluding steroid dienone is 1. The van der Waals surface area contributed by atoms with E-state index in [4.69, 9.17) is 9.47 Å². The highest BCUT2D eigenvalue weighted by molar-refractivity contribution is 5.91. The number of nitro benzene ring substituents is 1. The molecule has 6 heteroatoms. The third kappa shape index (κ3) is 3.66. The minimum atomic E-state index is -0.494. The second-order valence-corrected chi connectivity index (χ2v) is 4.59. The van der Waals surface area contributed by atoms with Crippen LogP contribution in [0.4, 0.5) is 5.69 Å². The molecular formula is C17H14N2O4. The maximum absolute atomic E-state index is 10.9. The molecule has 116 valence electrons. The van der Waals surface area contributed by atoms with Crippen LogP contribution in [0, 0.1) is 21.4 Å². The number of benzene rings is 2. The summed E-state index contributed by atoms with van der Waals surface area (Å²) in [6.45, 7) is 0. The molecule has 2 aromatic carbocycles. The van der Waals surface area contributed by atoms with Crippen LogP contribution in [-0.2, 0) is 0 Å². The van der Waals surface area contributed by atoms with Crippen LogP contribution in [0.5, 0.6) is 11.5 Å². The van der Waals surface area contributed by atoms with E-state index in [1.807, 2.05) is 0 Å². The maximum atomic E-state index is 10.9. The molecule has 6 nitrogen and oxygen atoms in total. The first-order chi connectivity index (χ1) is 11.1. The van der Waals surface area contributed by atoms with Crippen LogP contribution in [0.15, 0.2) is 42.5 Å². The molecule has 0 aliphatic rings. The maximum Gasteiger partial charge on any atom is 0.270 e. The second-order valence-electron chi connectivity index (χ2n) is 4.59. The van der Waals surface area contributed by atoms with E-state index in [9.17, 15) is 15.4 Å². The van der Waals surface area contributed by atoms with Crippen molar-refractivity contribution in [3.63, 3.8) is 0 Å². The van der Waals surface area contributed by atoms with Gasteiger partial charge in [0, 0.05) is 23.8 Å². The van der Waals surface area contributed by atoms with Gasteiger partial charge in [-0.2, -0.15) is 5.26 Å². The monoisotopic (exact) mass is 310 g/mol. The predicted octanol–water partition coefficient (Wildman–Crippen LogP) is 3.68. The summed E-state index contributed by atoms with van der Waals surface area (Å²) in [6, 6.07) is 13.2. The third-order valence-electron chi connectivity index (χ3n) is 3.23. The van der Waals surface area contributed by atoms with Crippen molar-refractivity contribution in [1.82, 2.24) is 0 Å². The standard InChI is InChI=1S/C17H14N2O4/c1-22-16-7-6-13(17(10-16)23-2)8-14(11-18)12-4-3-5-15(9-12)19(20)21/h3-10H,1-2H3/b14-8+. The van der Waals surface area contributed by atoms with E-state index in [0.29, 0.717) is 28.2 Å². The fraction of sp³-hybridized carbons (Fsp3) is 0.118. The van der Waals surface area contributed by atoms with Gasteiger partial charge < -0.3 is 9.47 Å². The summed E-state index contributed by atoms with van der Waals surface area (Å²) in [5, 5.41) is 20.2. The Kier molecular flexibility index (Phi) is 4.95. The van der Waals surface area contributed by atoms with Gasteiger partial charge in [0.05, 0.1) is 30.8 Å². The van der Waals surface area contributed by atoms with Crippen molar-refractivity contribution in [2.75, 3.05) is 14.2 Å². The van der Waals surface area contributed by atoms with E-state index < -0.39 is 4.92 Å². The Morgan fingerprint density at radius 2 is 2.00 bits per heavy atom. The number of non-ortho nitro benzene ring substituents is 1. The van der Waals surface area contributed by atoms with Crippen molar-refractivity contribution < 1.29 is 14.4 Å². The summed E-state index contributed by atoms with van der Waals surface area (Å²) >= 11 is 0. The minimum absolute atomic E-state index is 0.0645. The van der Waals surface area contributed by atoms with E-state index >= 15 is 0 Å². The zero-order valence-corrected chi connectivity index (χ0v) is 12.6. The highest BCUT2D eigenvalue weighted by Gasteiger charge is 2.10. The number of rotatable bonds is 5.